The molecule has 2 aliphatic rings. The van der Waals surface area contributed by atoms with Gasteiger partial charge in [0, 0.05) is 32.4 Å². The fourth-order valence-electron chi connectivity index (χ4n) is 3.76. The van der Waals surface area contributed by atoms with Gasteiger partial charge in [0.25, 0.3) is 5.91 Å². The lowest BCUT2D eigenvalue weighted by molar-refractivity contribution is -0.192. The molecule has 4 heterocycles. The molecule has 0 spiro atoms. The molecule has 170 valence electrons. The van der Waals surface area contributed by atoms with Gasteiger partial charge in [0.2, 0.25) is 0 Å². The number of carbonyl (C=O) groups is 2. The molecule has 2 saturated heterocycles. The third-order valence-electron chi connectivity index (χ3n) is 5.10. The predicted octanol–water partition coefficient (Wildman–Crippen LogP) is 1.81. The maximum Gasteiger partial charge on any atom is 0.490 e. The van der Waals surface area contributed by atoms with Crippen molar-refractivity contribution in [1.29, 1.82) is 0 Å². The van der Waals surface area contributed by atoms with Gasteiger partial charge < -0.3 is 19.6 Å². The molecular formula is C19H23F3N4O5. The zero-order valence-electron chi connectivity index (χ0n) is 16.7. The second-order valence-electron chi connectivity index (χ2n) is 7.34. The van der Waals surface area contributed by atoms with Crippen LogP contribution in [0.1, 0.15) is 29.0 Å². The molecule has 1 amide bonds. The first-order valence-corrected chi connectivity index (χ1v) is 9.63. The number of furan rings is 1. The van der Waals surface area contributed by atoms with Crippen molar-refractivity contribution in [1.82, 2.24) is 20.0 Å². The lowest BCUT2D eigenvalue weighted by Gasteiger charge is -2.32. The van der Waals surface area contributed by atoms with Gasteiger partial charge in [0.05, 0.1) is 36.7 Å². The van der Waals surface area contributed by atoms with E-state index in [2.05, 4.69) is 15.3 Å². The smallest absolute Gasteiger partial charge is 0.475 e. The van der Waals surface area contributed by atoms with Crippen molar-refractivity contribution in [2.75, 3.05) is 13.2 Å². The molecule has 2 aliphatic heterocycles. The lowest BCUT2D eigenvalue weighted by atomic mass is 10.0. The van der Waals surface area contributed by atoms with Gasteiger partial charge in [-0.05, 0) is 25.0 Å². The zero-order chi connectivity index (χ0) is 22.6. The molecule has 31 heavy (non-hydrogen) atoms. The normalized spacial score (nSPS) is 23.5. The number of carbonyl (C=O) groups excluding carboxylic acids is 1. The molecule has 0 unspecified atom stereocenters. The summed E-state index contributed by atoms with van der Waals surface area (Å²) in [6.45, 7) is 2.27. The lowest BCUT2D eigenvalue weighted by Crippen LogP contribution is -2.47. The number of carboxylic acid groups (broad SMARTS) is 1. The number of rotatable bonds is 4. The second-order valence-corrected chi connectivity index (χ2v) is 7.34. The van der Waals surface area contributed by atoms with Gasteiger partial charge in [0.15, 0.2) is 0 Å². The Balaban J connectivity index is 0.000000339. The Kier molecular flexibility index (Phi) is 7.01. The molecule has 0 radical (unpaired) electrons. The average Bonchev–Trinajstić information content (AvgIpc) is 3.44. The van der Waals surface area contributed by atoms with E-state index in [1.54, 1.807) is 30.4 Å². The molecule has 12 heteroatoms. The van der Waals surface area contributed by atoms with E-state index in [0.29, 0.717) is 11.6 Å². The molecule has 4 rings (SSSR count). The van der Waals surface area contributed by atoms with Crippen LogP contribution in [-0.2, 0) is 23.1 Å². The fourth-order valence-corrected chi connectivity index (χ4v) is 3.76. The molecule has 0 aromatic carbocycles. The number of amides is 1. The Morgan fingerprint density at radius 3 is 2.71 bits per heavy atom. The Bertz CT molecular complexity index is 883. The summed E-state index contributed by atoms with van der Waals surface area (Å²) in [4.78, 5) is 23.7. The average molecular weight is 444 g/mol. The quantitative estimate of drug-likeness (QED) is 0.740. The number of nitrogens with one attached hydrogen (secondary N) is 1. The van der Waals surface area contributed by atoms with Crippen molar-refractivity contribution in [3.63, 3.8) is 0 Å². The number of likely N-dealkylation sites (tertiary alicyclic amines) is 1. The van der Waals surface area contributed by atoms with Crippen LogP contribution in [0.3, 0.4) is 0 Å². The van der Waals surface area contributed by atoms with Crippen LogP contribution in [0.2, 0.25) is 0 Å². The summed E-state index contributed by atoms with van der Waals surface area (Å²) in [6, 6.07) is 4.20. The van der Waals surface area contributed by atoms with E-state index in [-0.39, 0.29) is 18.1 Å². The monoisotopic (exact) mass is 444 g/mol. The van der Waals surface area contributed by atoms with Gasteiger partial charge in [-0.15, -0.1) is 0 Å². The Morgan fingerprint density at radius 2 is 2.13 bits per heavy atom. The number of fused-ring (bicyclic) bond motifs is 1. The maximum atomic E-state index is 12.5. The number of aryl methyl sites for hydroxylation is 1. The van der Waals surface area contributed by atoms with Gasteiger partial charge in [-0.1, -0.05) is 0 Å². The minimum atomic E-state index is -5.08. The Morgan fingerprint density at radius 1 is 1.39 bits per heavy atom. The molecule has 2 fully saturated rings. The van der Waals surface area contributed by atoms with Crippen molar-refractivity contribution >= 4 is 11.9 Å². The predicted molar refractivity (Wildman–Crippen MR) is 100 cm³/mol. The molecule has 9 nitrogen and oxygen atoms in total. The topological polar surface area (TPSA) is 110 Å². The van der Waals surface area contributed by atoms with Crippen LogP contribution < -0.4 is 5.32 Å². The first-order valence-electron chi connectivity index (χ1n) is 9.63. The van der Waals surface area contributed by atoms with Gasteiger partial charge in [-0.2, -0.15) is 18.3 Å². The highest BCUT2D eigenvalue weighted by atomic mass is 19.4. The van der Waals surface area contributed by atoms with Gasteiger partial charge in [-0.3, -0.25) is 14.4 Å². The van der Waals surface area contributed by atoms with Crippen LogP contribution in [0.5, 0.6) is 0 Å². The van der Waals surface area contributed by atoms with Gasteiger partial charge in [-0.25, -0.2) is 4.79 Å². The van der Waals surface area contributed by atoms with Crippen LogP contribution in [0.25, 0.3) is 0 Å². The van der Waals surface area contributed by atoms with Crippen molar-refractivity contribution in [2.45, 2.75) is 43.8 Å². The summed E-state index contributed by atoms with van der Waals surface area (Å²) in [5, 5.41) is 14.3. The van der Waals surface area contributed by atoms with Crippen molar-refractivity contribution in [3.8, 4) is 0 Å². The minimum Gasteiger partial charge on any atom is -0.475 e. The molecule has 2 aromatic rings. The van der Waals surface area contributed by atoms with Crippen LogP contribution in [-0.4, -0.2) is 69.2 Å². The zero-order valence-corrected chi connectivity index (χ0v) is 16.7. The summed E-state index contributed by atoms with van der Waals surface area (Å²) < 4.78 is 44.8. The Labute approximate surface area is 175 Å². The second kappa shape index (κ2) is 9.52. The number of alkyl halides is 3. The molecule has 0 aliphatic carbocycles. The van der Waals surface area contributed by atoms with Crippen LogP contribution >= 0.6 is 0 Å². The fraction of sp³-hybridized carbons (Fsp3) is 0.526. The highest BCUT2D eigenvalue weighted by Crippen LogP contribution is 2.30. The van der Waals surface area contributed by atoms with E-state index in [9.17, 15) is 18.0 Å². The number of aliphatic carboxylic acids is 1. The van der Waals surface area contributed by atoms with Crippen LogP contribution in [0.15, 0.2) is 35.2 Å². The van der Waals surface area contributed by atoms with Gasteiger partial charge in [0.1, 0.15) is 5.76 Å². The number of halogens is 3. The largest absolute Gasteiger partial charge is 0.490 e. The molecule has 0 saturated carbocycles. The summed E-state index contributed by atoms with van der Waals surface area (Å²) in [5.74, 6) is -1.91. The van der Waals surface area contributed by atoms with E-state index >= 15 is 0 Å². The number of carboxylic acids is 1. The number of aromatic nitrogens is 2. The first kappa shape index (κ1) is 22.8. The number of ether oxygens (including phenoxy) is 1. The van der Waals surface area contributed by atoms with E-state index in [0.717, 1.165) is 38.3 Å². The summed E-state index contributed by atoms with van der Waals surface area (Å²) in [5.41, 5.74) is 0.578. The standard InChI is InChI=1S/C17H22N4O3.C2HF3O2/c1-20-9-12(8-18-20)17(22)19-14-11-21(10-13-4-2-6-23-13)15-5-3-7-24-16(14)15;3-2(4,5)1(6)7/h2,4,6,8-9,14-16H,3,5,7,10-11H2,1H3,(H,19,22);(H,6,7)/t14-,15+,16+;/m0./s1. The summed E-state index contributed by atoms with van der Waals surface area (Å²) in [6.07, 6.45) is 2.11. The Hall–Kier alpha value is -2.86. The van der Waals surface area contributed by atoms with E-state index in [1.165, 1.54) is 0 Å². The molecule has 3 atom stereocenters. The van der Waals surface area contributed by atoms with E-state index in [1.807, 2.05) is 12.1 Å². The van der Waals surface area contributed by atoms with Gasteiger partial charge >= 0.3 is 12.1 Å². The summed E-state index contributed by atoms with van der Waals surface area (Å²) >= 11 is 0. The summed E-state index contributed by atoms with van der Waals surface area (Å²) in [7, 11) is 1.80. The molecule has 0 bridgehead atoms. The third-order valence-corrected chi connectivity index (χ3v) is 5.10. The molecule has 2 N–H and O–H groups in total. The minimum absolute atomic E-state index is 0.0158. The SMILES string of the molecule is Cn1cc(C(=O)N[C@H]2CN(Cc3ccco3)[C@@H]3CCCO[C@H]23)cn1.O=C(O)C(F)(F)F. The van der Waals surface area contributed by atoms with E-state index in [4.69, 9.17) is 19.1 Å². The number of hydrogen-bond donors (Lipinski definition) is 2. The van der Waals surface area contributed by atoms with Crippen molar-refractivity contribution < 1.29 is 37.0 Å². The highest BCUT2D eigenvalue weighted by Gasteiger charge is 2.44. The maximum absolute atomic E-state index is 12.5. The molecular weight excluding hydrogens is 421 g/mol. The van der Waals surface area contributed by atoms with E-state index < -0.39 is 12.1 Å². The number of nitrogens with zero attached hydrogens (tertiary/aromatic N) is 3. The third kappa shape index (κ3) is 5.85. The molecule has 2 aromatic heterocycles. The van der Waals surface area contributed by atoms with Crippen molar-refractivity contribution in [2.24, 2.45) is 7.05 Å². The highest BCUT2D eigenvalue weighted by molar-refractivity contribution is 5.94. The number of hydrogen-bond acceptors (Lipinski definition) is 6. The van der Waals surface area contributed by atoms with Crippen molar-refractivity contribution in [3.05, 3.63) is 42.1 Å². The van der Waals surface area contributed by atoms with Crippen LogP contribution in [0, 0.1) is 0 Å². The van der Waals surface area contributed by atoms with Crippen LogP contribution in [0.4, 0.5) is 13.2 Å². The first-order chi connectivity index (χ1) is 14.6.